The molecule has 0 saturated carbocycles. The third-order valence-corrected chi connectivity index (χ3v) is 7.58. The third kappa shape index (κ3) is 5.50. The minimum absolute atomic E-state index is 0.0551. The van der Waals surface area contributed by atoms with E-state index in [0.29, 0.717) is 19.7 Å². The highest BCUT2D eigenvalue weighted by Crippen LogP contribution is 2.53. The first-order valence-corrected chi connectivity index (χ1v) is 13.2. The van der Waals surface area contributed by atoms with Crippen LogP contribution in [0.4, 0.5) is 4.79 Å². The van der Waals surface area contributed by atoms with Gasteiger partial charge in [-0.1, -0.05) is 34.1 Å². The molecule has 0 radical (unpaired) electrons. The number of carbonyl (C=O) groups excluding carboxylic acids is 2. The van der Waals surface area contributed by atoms with Crippen LogP contribution in [-0.2, 0) is 26.1 Å². The first-order valence-electron chi connectivity index (χ1n) is 12.4. The summed E-state index contributed by atoms with van der Waals surface area (Å²) in [5, 5.41) is 0. The number of halogens is 1. The van der Waals surface area contributed by atoms with E-state index in [1.54, 1.807) is 0 Å². The first kappa shape index (κ1) is 25.5. The summed E-state index contributed by atoms with van der Waals surface area (Å²) in [6, 6.07) is 12.3. The fourth-order valence-electron chi connectivity index (χ4n) is 5.35. The van der Waals surface area contributed by atoms with Gasteiger partial charge in [0.2, 0.25) is 0 Å². The number of nitrogens with zero attached hydrogens (tertiary/aromatic N) is 1. The van der Waals surface area contributed by atoms with E-state index in [0.717, 1.165) is 40.6 Å². The highest BCUT2D eigenvalue weighted by Gasteiger charge is 2.47. The molecule has 2 aromatic carbocycles. The van der Waals surface area contributed by atoms with Crippen LogP contribution in [0.5, 0.6) is 5.75 Å². The molecule has 1 fully saturated rings. The van der Waals surface area contributed by atoms with Crippen molar-refractivity contribution in [2.24, 2.45) is 0 Å². The molecule has 0 N–H and O–H groups in total. The molecular weight excluding hydrogens is 510 g/mol. The zero-order valence-electron chi connectivity index (χ0n) is 20.9. The van der Waals surface area contributed by atoms with Crippen LogP contribution in [0.25, 0.3) is 0 Å². The fourth-order valence-corrected chi connectivity index (χ4v) is 5.73. The van der Waals surface area contributed by atoms with Crippen molar-refractivity contribution in [2.75, 3.05) is 19.7 Å². The molecule has 1 saturated heterocycles. The lowest BCUT2D eigenvalue weighted by molar-refractivity contribution is -0.142. The minimum Gasteiger partial charge on any atom is -0.485 e. The van der Waals surface area contributed by atoms with Crippen molar-refractivity contribution in [1.29, 1.82) is 0 Å². The quantitative estimate of drug-likeness (QED) is 0.402. The summed E-state index contributed by atoms with van der Waals surface area (Å²) < 4.78 is 18.3. The molecule has 4 rings (SSSR count). The maximum Gasteiger partial charge on any atom is 0.410 e. The highest BCUT2D eigenvalue weighted by atomic mass is 79.9. The Balaban J connectivity index is 1.58. The van der Waals surface area contributed by atoms with Gasteiger partial charge in [-0.3, -0.25) is 4.79 Å². The lowest BCUT2D eigenvalue weighted by Gasteiger charge is -2.40. The topological polar surface area (TPSA) is 65.1 Å². The maximum absolute atomic E-state index is 12.4. The number of benzene rings is 2. The van der Waals surface area contributed by atoms with Crippen molar-refractivity contribution in [3.8, 4) is 5.75 Å². The van der Waals surface area contributed by atoms with Gasteiger partial charge < -0.3 is 19.1 Å². The number of ether oxygens (including phenoxy) is 3. The summed E-state index contributed by atoms with van der Waals surface area (Å²) in [5.41, 5.74) is 4.29. The number of fused-ring (bicyclic) bond motifs is 2. The van der Waals surface area contributed by atoms with E-state index in [2.05, 4.69) is 34.1 Å². The number of likely N-dealkylation sites (tertiary alicyclic amines) is 1. The molecule has 1 spiro atoms. The number of rotatable bonds is 6. The minimum atomic E-state index is -0.252. The molecule has 1 heterocycles. The summed E-state index contributed by atoms with van der Waals surface area (Å²) in [6.07, 6.45) is 2.24. The average Bonchev–Trinajstić information content (AvgIpc) is 3.08. The number of hydrogen-bond acceptors (Lipinski definition) is 5. The first-order chi connectivity index (χ1) is 16.7. The number of esters is 1. The Morgan fingerprint density at radius 1 is 1.17 bits per heavy atom. The van der Waals surface area contributed by atoms with Crippen molar-refractivity contribution in [2.45, 2.75) is 71.0 Å². The Morgan fingerprint density at radius 2 is 1.91 bits per heavy atom. The van der Waals surface area contributed by atoms with Crippen LogP contribution < -0.4 is 4.74 Å². The normalized spacial score (nSPS) is 18.5. The van der Waals surface area contributed by atoms with Crippen LogP contribution in [0.1, 0.15) is 68.4 Å². The van der Waals surface area contributed by atoms with E-state index in [1.807, 2.05) is 50.8 Å². The Labute approximate surface area is 216 Å². The van der Waals surface area contributed by atoms with Gasteiger partial charge in [-0.15, -0.1) is 0 Å². The van der Waals surface area contributed by atoms with Crippen molar-refractivity contribution >= 4 is 28.0 Å². The van der Waals surface area contributed by atoms with E-state index in [-0.39, 0.29) is 36.1 Å². The van der Waals surface area contributed by atoms with Gasteiger partial charge in [0.1, 0.15) is 11.9 Å². The molecule has 1 aliphatic carbocycles. The molecular formula is C28H34BrNO5. The van der Waals surface area contributed by atoms with Gasteiger partial charge in [0.25, 0.3) is 0 Å². The zero-order chi connectivity index (χ0) is 25.2. The van der Waals surface area contributed by atoms with E-state index >= 15 is 0 Å². The molecule has 1 amide bonds. The largest absolute Gasteiger partial charge is 0.485 e. The van der Waals surface area contributed by atoms with E-state index in [9.17, 15) is 9.59 Å². The van der Waals surface area contributed by atoms with Crippen molar-refractivity contribution in [3.05, 3.63) is 63.1 Å². The SMILES string of the molecule is CCOC(=O)Cc1c(C)cccc1OC1CC2(CCN(C(=O)OC(C)C)CC2)c2ccc(Br)cc21. The second kappa shape index (κ2) is 10.6. The zero-order valence-corrected chi connectivity index (χ0v) is 22.5. The lowest BCUT2D eigenvalue weighted by Crippen LogP contribution is -2.45. The Morgan fingerprint density at radius 3 is 2.60 bits per heavy atom. The molecule has 6 nitrogen and oxygen atoms in total. The van der Waals surface area contributed by atoms with E-state index in [4.69, 9.17) is 14.2 Å². The number of piperidine rings is 1. The van der Waals surface area contributed by atoms with Crippen LogP contribution in [-0.4, -0.2) is 42.8 Å². The summed E-state index contributed by atoms with van der Waals surface area (Å²) in [6.45, 7) is 9.23. The van der Waals surface area contributed by atoms with Crippen molar-refractivity contribution in [1.82, 2.24) is 4.90 Å². The van der Waals surface area contributed by atoms with Crippen molar-refractivity contribution in [3.63, 3.8) is 0 Å². The number of amides is 1. The molecule has 188 valence electrons. The molecule has 1 atom stereocenters. The smallest absolute Gasteiger partial charge is 0.410 e. The van der Waals surface area contributed by atoms with E-state index in [1.165, 1.54) is 11.1 Å². The number of hydrogen-bond donors (Lipinski definition) is 0. The summed E-state index contributed by atoms with van der Waals surface area (Å²) in [7, 11) is 0. The number of aryl methyl sites for hydroxylation is 1. The Bertz CT molecular complexity index is 1090. The molecule has 35 heavy (non-hydrogen) atoms. The third-order valence-electron chi connectivity index (χ3n) is 7.09. The monoisotopic (exact) mass is 543 g/mol. The van der Waals surface area contributed by atoms with Gasteiger partial charge in [0.15, 0.2) is 0 Å². The second-order valence-electron chi connectivity index (χ2n) is 9.78. The molecule has 2 aromatic rings. The molecule has 0 aromatic heterocycles. The van der Waals surface area contributed by atoms with Gasteiger partial charge in [-0.2, -0.15) is 0 Å². The summed E-state index contributed by atoms with van der Waals surface area (Å²) >= 11 is 3.63. The molecule has 1 aliphatic heterocycles. The maximum atomic E-state index is 12.4. The molecule has 7 heteroatoms. The van der Waals surface area contributed by atoms with Crippen LogP contribution in [0.2, 0.25) is 0 Å². The fraction of sp³-hybridized carbons (Fsp3) is 0.500. The van der Waals surface area contributed by atoms with Gasteiger partial charge >= 0.3 is 12.1 Å². The van der Waals surface area contributed by atoms with Crippen LogP contribution in [0, 0.1) is 6.92 Å². The van der Waals surface area contributed by atoms with Crippen LogP contribution >= 0.6 is 15.9 Å². The Hall–Kier alpha value is -2.54. The van der Waals surface area contributed by atoms with E-state index < -0.39 is 0 Å². The molecule has 2 aliphatic rings. The second-order valence-corrected chi connectivity index (χ2v) is 10.7. The average molecular weight is 544 g/mol. The highest BCUT2D eigenvalue weighted by molar-refractivity contribution is 9.10. The van der Waals surface area contributed by atoms with Gasteiger partial charge in [-0.05, 0) is 81.8 Å². The predicted molar refractivity (Wildman–Crippen MR) is 138 cm³/mol. The predicted octanol–water partition coefficient (Wildman–Crippen LogP) is 6.27. The molecule has 0 bridgehead atoms. The van der Waals surface area contributed by atoms with Gasteiger partial charge in [0, 0.05) is 28.5 Å². The number of carbonyl (C=O) groups is 2. The van der Waals surface area contributed by atoms with Crippen molar-refractivity contribution < 1.29 is 23.8 Å². The van der Waals surface area contributed by atoms with Crippen LogP contribution in [0.3, 0.4) is 0 Å². The standard InChI is InChI=1S/C28H34BrNO5/c1-5-33-26(31)16-21-19(4)7-6-8-24(21)35-25-17-28(23-10-9-20(29)15-22(23)25)11-13-30(14-12-28)27(32)34-18(2)3/h6-10,15,18,25H,5,11-14,16-17H2,1-4H3. The van der Waals surface area contributed by atoms with Crippen LogP contribution in [0.15, 0.2) is 40.9 Å². The molecule has 1 unspecified atom stereocenters. The summed E-state index contributed by atoms with van der Waals surface area (Å²) in [5.74, 6) is 0.474. The van der Waals surface area contributed by atoms with Gasteiger partial charge in [0.05, 0.1) is 19.1 Å². The Kier molecular flexibility index (Phi) is 7.74. The van der Waals surface area contributed by atoms with Gasteiger partial charge in [-0.25, -0.2) is 4.79 Å². The summed E-state index contributed by atoms with van der Waals surface area (Å²) in [4.78, 5) is 26.5. The lowest BCUT2D eigenvalue weighted by atomic mass is 9.74.